The Morgan fingerprint density at radius 2 is 2.00 bits per heavy atom. The molecule has 1 aliphatic rings. The van der Waals surface area contributed by atoms with E-state index < -0.39 is 12.0 Å². The molecule has 2 aromatic heterocycles. The zero-order valence-electron chi connectivity index (χ0n) is 15.4. The minimum Gasteiger partial charge on any atom is -0.346 e. The van der Waals surface area contributed by atoms with Gasteiger partial charge >= 0.3 is 0 Å². The number of aryl methyl sites for hydroxylation is 1. The van der Waals surface area contributed by atoms with Gasteiger partial charge in [0.05, 0.1) is 6.20 Å². The number of hydrogen-bond donors (Lipinski definition) is 1. The molecular weight excluding hydrogens is 340 g/mol. The molecule has 0 spiro atoms. The van der Waals surface area contributed by atoms with Crippen molar-refractivity contribution in [1.29, 1.82) is 0 Å². The van der Waals surface area contributed by atoms with Gasteiger partial charge in [0.1, 0.15) is 11.3 Å². The normalized spacial score (nSPS) is 16.4. The Hall–Kier alpha value is -2.09. The Labute approximate surface area is 151 Å². The van der Waals surface area contributed by atoms with Gasteiger partial charge in [0.2, 0.25) is 0 Å². The molecule has 0 radical (unpaired) electrons. The van der Waals surface area contributed by atoms with Gasteiger partial charge in [-0.15, -0.1) is 0 Å². The van der Waals surface area contributed by atoms with E-state index in [1.54, 1.807) is 6.92 Å². The molecule has 1 saturated heterocycles. The van der Waals surface area contributed by atoms with Crippen LogP contribution in [0.3, 0.4) is 0 Å². The third-order valence-electron chi connectivity index (χ3n) is 4.62. The number of rotatable bonds is 5. The van der Waals surface area contributed by atoms with Crippen molar-refractivity contribution in [3.05, 3.63) is 29.2 Å². The van der Waals surface area contributed by atoms with Crippen LogP contribution in [-0.4, -0.2) is 50.6 Å². The standard InChI is InChI=1S/C18H25F2N5O/c1-12-9-14(15(19)20)25-16(22-12)13(10-21-25)17(26)23-18(2,3)11-24-7-5-4-6-8-24/h9-10,15H,4-8,11H2,1-3H3,(H,23,26). The summed E-state index contributed by atoms with van der Waals surface area (Å²) in [4.78, 5) is 19.3. The molecule has 3 rings (SSSR count). The van der Waals surface area contributed by atoms with E-state index in [9.17, 15) is 13.6 Å². The monoisotopic (exact) mass is 365 g/mol. The van der Waals surface area contributed by atoms with E-state index in [0.29, 0.717) is 5.69 Å². The van der Waals surface area contributed by atoms with Gasteiger partial charge < -0.3 is 10.2 Å². The summed E-state index contributed by atoms with van der Waals surface area (Å²) >= 11 is 0. The number of carbonyl (C=O) groups is 1. The molecule has 142 valence electrons. The van der Waals surface area contributed by atoms with Crippen LogP contribution in [0.4, 0.5) is 8.78 Å². The Morgan fingerprint density at radius 3 is 2.65 bits per heavy atom. The first-order chi connectivity index (χ1) is 12.3. The van der Waals surface area contributed by atoms with E-state index >= 15 is 0 Å². The van der Waals surface area contributed by atoms with Crippen LogP contribution in [0.5, 0.6) is 0 Å². The number of nitrogens with zero attached hydrogens (tertiary/aromatic N) is 4. The van der Waals surface area contributed by atoms with Crippen LogP contribution in [0.2, 0.25) is 0 Å². The number of carbonyl (C=O) groups excluding carboxylic acids is 1. The predicted molar refractivity (Wildman–Crippen MR) is 94.5 cm³/mol. The summed E-state index contributed by atoms with van der Waals surface area (Å²) in [7, 11) is 0. The second-order valence-electron chi connectivity index (χ2n) is 7.59. The van der Waals surface area contributed by atoms with Crippen LogP contribution in [0.25, 0.3) is 5.65 Å². The Kier molecular flexibility index (Phi) is 5.22. The zero-order chi connectivity index (χ0) is 18.9. The van der Waals surface area contributed by atoms with E-state index in [0.717, 1.165) is 24.1 Å². The third kappa shape index (κ3) is 4.00. The highest BCUT2D eigenvalue weighted by Crippen LogP contribution is 2.22. The first-order valence-corrected chi connectivity index (χ1v) is 8.95. The number of piperidine rings is 1. The lowest BCUT2D eigenvalue weighted by atomic mass is 10.0. The summed E-state index contributed by atoms with van der Waals surface area (Å²) in [6.07, 6.45) is 2.23. The molecule has 0 aliphatic carbocycles. The summed E-state index contributed by atoms with van der Waals surface area (Å²) in [5.41, 5.74) is 0.0841. The van der Waals surface area contributed by atoms with Crippen LogP contribution in [-0.2, 0) is 0 Å². The van der Waals surface area contributed by atoms with Gasteiger partial charge in [-0.2, -0.15) is 5.10 Å². The fourth-order valence-electron chi connectivity index (χ4n) is 3.52. The average Bonchev–Trinajstić information content (AvgIpc) is 2.97. The minimum absolute atomic E-state index is 0.159. The van der Waals surface area contributed by atoms with Crippen molar-refractivity contribution >= 4 is 11.6 Å². The minimum atomic E-state index is -2.69. The number of aromatic nitrogens is 3. The highest BCUT2D eigenvalue weighted by molar-refractivity contribution is 6.00. The second kappa shape index (κ2) is 7.26. The summed E-state index contributed by atoms with van der Waals surface area (Å²) in [5.74, 6) is -0.347. The third-order valence-corrected chi connectivity index (χ3v) is 4.62. The fraction of sp³-hybridized carbons (Fsp3) is 0.611. The molecule has 0 aromatic carbocycles. The first kappa shape index (κ1) is 18.7. The fourth-order valence-corrected chi connectivity index (χ4v) is 3.52. The van der Waals surface area contributed by atoms with Gasteiger partial charge in [0, 0.05) is 17.8 Å². The lowest BCUT2D eigenvalue weighted by molar-refractivity contribution is 0.0879. The Morgan fingerprint density at radius 1 is 1.31 bits per heavy atom. The summed E-state index contributed by atoms with van der Waals surface area (Å²) in [6.45, 7) is 8.37. The molecule has 1 fully saturated rings. The van der Waals surface area contributed by atoms with Crippen molar-refractivity contribution in [2.75, 3.05) is 19.6 Å². The van der Waals surface area contributed by atoms with Gasteiger partial charge in [-0.3, -0.25) is 4.79 Å². The Balaban J connectivity index is 1.81. The lowest BCUT2D eigenvalue weighted by Crippen LogP contribution is -2.52. The van der Waals surface area contributed by atoms with Gasteiger partial charge in [-0.25, -0.2) is 18.3 Å². The van der Waals surface area contributed by atoms with Crippen molar-refractivity contribution in [2.45, 2.75) is 52.0 Å². The van der Waals surface area contributed by atoms with Crippen molar-refractivity contribution in [2.24, 2.45) is 0 Å². The molecule has 26 heavy (non-hydrogen) atoms. The second-order valence-corrected chi connectivity index (χ2v) is 7.59. The zero-order valence-corrected chi connectivity index (χ0v) is 15.4. The van der Waals surface area contributed by atoms with E-state index in [4.69, 9.17) is 0 Å². The van der Waals surface area contributed by atoms with Crippen molar-refractivity contribution in [3.63, 3.8) is 0 Å². The van der Waals surface area contributed by atoms with Crippen molar-refractivity contribution in [3.8, 4) is 0 Å². The van der Waals surface area contributed by atoms with E-state index in [2.05, 4.69) is 20.3 Å². The number of amides is 1. The number of hydrogen-bond acceptors (Lipinski definition) is 4. The molecule has 0 unspecified atom stereocenters. The van der Waals surface area contributed by atoms with Crippen LogP contribution in [0, 0.1) is 6.92 Å². The number of fused-ring (bicyclic) bond motifs is 1. The first-order valence-electron chi connectivity index (χ1n) is 8.95. The molecule has 2 aromatic rings. The molecule has 1 amide bonds. The molecular formula is C18H25F2N5O. The van der Waals surface area contributed by atoms with Gasteiger partial charge in [0.25, 0.3) is 12.3 Å². The van der Waals surface area contributed by atoms with Crippen molar-refractivity contribution in [1.82, 2.24) is 24.8 Å². The van der Waals surface area contributed by atoms with Gasteiger partial charge in [0.15, 0.2) is 5.65 Å². The topological polar surface area (TPSA) is 62.5 Å². The molecule has 3 heterocycles. The smallest absolute Gasteiger partial charge is 0.280 e. The molecule has 1 aliphatic heterocycles. The maximum atomic E-state index is 13.2. The quantitative estimate of drug-likeness (QED) is 0.885. The highest BCUT2D eigenvalue weighted by atomic mass is 19.3. The van der Waals surface area contributed by atoms with Crippen LogP contribution in [0.1, 0.15) is 61.3 Å². The van der Waals surface area contributed by atoms with Gasteiger partial charge in [-0.05, 0) is 52.8 Å². The summed E-state index contributed by atoms with van der Waals surface area (Å²) in [6, 6.07) is 1.28. The van der Waals surface area contributed by atoms with Gasteiger partial charge in [-0.1, -0.05) is 6.42 Å². The van der Waals surface area contributed by atoms with Crippen LogP contribution < -0.4 is 5.32 Å². The summed E-state index contributed by atoms with van der Waals surface area (Å²) < 4.78 is 27.5. The van der Waals surface area contributed by atoms with Crippen LogP contribution in [0.15, 0.2) is 12.3 Å². The largest absolute Gasteiger partial charge is 0.346 e. The molecule has 1 N–H and O–H groups in total. The van der Waals surface area contributed by atoms with E-state index in [1.807, 2.05) is 13.8 Å². The molecule has 0 saturated carbocycles. The maximum Gasteiger partial charge on any atom is 0.280 e. The molecule has 6 nitrogen and oxygen atoms in total. The highest BCUT2D eigenvalue weighted by Gasteiger charge is 2.27. The Bertz CT molecular complexity index is 796. The number of halogens is 2. The SMILES string of the molecule is Cc1cc(C(F)F)n2ncc(C(=O)NC(C)(C)CN3CCCCC3)c2n1. The maximum absolute atomic E-state index is 13.2. The van der Waals surface area contributed by atoms with E-state index in [1.165, 1.54) is 31.5 Å². The van der Waals surface area contributed by atoms with Crippen LogP contribution >= 0.6 is 0 Å². The summed E-state index contributed by atoms with van der Waals surface area (Å²) in [5, 5.41) is 6.96. The number of alkyl halides is 2. The predicted octanol–water partition coefficient (Wildman–Crippen LogP) is 2.97. The lowest BCUT2D eigenvalue weighted by Gasteiger charge is -2.35. The molecule has 0 bridgehead atoms. The molecule has 0 atom stereocenters. The van der Waals surface area contributed by atoms with Crippen molar-refractivity contribution < 1.29 is 13.6 Å². The molecule has 8 heteroatoms. The van der Waals surface area contributed by atoms with E-state index in [-0.39, 0.29) is 22.8 Å². The number of nitrogens with one attached hydrogen (secondary N) is 1. The average molecular weight is 365 g/mol. The number of likely N-dealkylation sites (tertiary alicyclic amines) is 1.